The number of furan rings is 1. The van der Waals surface area contributed by atoms with E-state index >= 15 is 0 Å². The molecule has 0 aliphatic carbocycles. The van der Waals surface area contributed by atoms with E-state index in [2.05, 4.69) is 5.32 Å². The van der Waals surface area contributed by atoms with E-state index < -0.39 is 26.6 Å². The first kappa shape index (κ1) is 22.0. The van der Waals surface area contributed by atoms with Crippen molar-refractivity contribution in [2.45, 2.75) is 11.5 Å². The van der Waals surface area contributed by atoms with Gasteiger partial charge in [0.25, 0.3) is 5.91 Å². The van der Waals surface area contributed by atoms with Crippen molar-refractivity contribution in [1.82, 2.24) is 4.31 Å². The van der Waals surface area contributed by atoms with Gasteiger partial charge in [-0.25, -0.2) is 12.8 Å². The molecule has 1 saturated heterocycles. The highest BCUT2D eigenvalue weighted by molar-refractivity contribution is 7.89. The highest BCUT2D eigenvalue weighted by Gasteiger charge is 2.29. The molecule has 0 bridgehead atoms. The third-order valence-electron chi connectivity index (χ3n) is 4.79. The Balaban J connectivity index is 1.44. The highest BCUT2D eigenvalue weighted by Crippen LogP contribution is 2.24. The molecule has 0 atom stereocenters. The van der Waals surface area contributed by atoms with Gasteiger partial charge in [-0.1, -0.05) is 18.2 Å². The minimum atomic E-state index is -4.06. The van der Waals surface area contributed by atoms with Crippen molar-refractivity contribution in [1.29, 1.82) is 0 Å². The number of amides is 1. The van der Waals surface area contributed by atoms with E-state index in [9.17, 15) is 17.6 Å². The summed E-state index contributed by atoms with van der Waals surface area (Å²) in [4.78, 5) is 12.0. The second-order valence-electron chi connectivity index (χ2n) is 6.98. The molecule has 4 rings (SSSR count). The predicted molar refractivity (Wildman–Crippen MR) is 113 cm³/mol. The van der Waals surface area contributed by atoms with Crippen LogP contribution in [-0.4, -0.2) is 44.9 Å². The SMILES string of the molecule is O=C(Nc1ccc(F)c(S(=O)(=O)N2CCOCC2)c1)c1ccc(COc2ccccc2)o1. The maximum Gasteiger partial charge on any atom is 0.291 e. The largest absolute Gasteiger partial charge is 0.486 e. The number of carbonyl (C=O) groups excluding carboxylic acids is 1. The van der Waals surface area contributed by atoms with Gasteiger partial charge in [0.2, 0.25) is 10.0 Å². The van der Waals surface area contributed by atoms with Gasteiger partial charge in [0, 0.05) is 18.8 Å². The summed E-state index contributed by atoms with van der Waals surface area (Å²) < 4.78 is 57.3. The van der Waals surface area contributed by atoms with Gasteiger partial charge in [-0.15, -0.1) is 0 Å². The molecular formula is C22H21FN2O6S. The number of hydrogen-bond acceptors (Lipinski definition) is 6. The number of rotatable bonds is 7. The zero-order chi connectivity index (χ0) is 22.6. The fourth-order valence-electron chi connectivity index (χ4n) is 3.15. The number of carbonyl (C=O) groups is 1. The summed E-state index contributed by atoms with van der Waals surface area (Å²) in [5.41, 5.74) is 0.127. The monoisotopic (exact) mass is 460 g/mol. The van der Waals surface area contributed by atoms with Crippen LogP contribution in [0.25, 0.3) is 0 Å². The lowest BCUT2D eigenvalue weighted by Gasteiger charge is -2.26. The first-order valence-corrected chi connectivity index (χ1v) is 11.3. The molecule has 0 unspecified atom stereocenters. The summed E-state index contributed by atoms with van der Waals surface area (Å²) in [6.45, 7) is 0.894. The fourth-order valence-corrected chi connectivity index (χ4v) is 4.64. The lowest BCUT2D eigenvalue weighted by Crippen LogP contribution is -2.40. The summed E-state index contributed by atoms with van der Waals surface area (Å²) >= 11 is 0. The van der Waals surface area contributed by atoms with Crippen LogP contribution >= 0.6 is 0 Å². The van der Waals surface area contributed by atoms with Crippen molar-refractivity contribution in [2.24, 2.45) is 0 Å². The van der Waals surface area contributed by atoms with Crippen molar-refractivity contribution in [3.8, 4) is 5.75 Å². The maximum absolute atomic E-state index is 14.3. The van der Waals surface area contributed by atoms with Crippen LogP contribution in [0.5, 0.6) is 5.75 Å². The number of nitrogens with zero attached hydrogens (tertiary/aromatic N) is 1. The summed E-state index contributed by atoms with van der Waals surface area (Å²) in [6.07, 6.45) is 0. The Morgan fingerprint density at radius 1 is 1.06 bits per heavy atom. The number of anilines is 1. The van der Waals surface area contributed by atoms with E-state index in [-0.39, 0.29) is 44.4 Å². The summed E-state index contributed by atoms with van der Waals surface area (Å²) in [6, 6.07) is 15.6. The quantitative estimate of drug-likeness (QED) is 0.581. The smallest absolute Gasteiger partial charge is 0.291 e. The molecule has 1 amide bonds. The molecule has 10 heteroatoms. The Morgan fingerprint density at radius 3 is 2.56 bits per heavy atom. The number of ether oxygens (including phenoxy) is 2. The van der Waals surface area contributed by atoms with E-state index in [1.54, 1.807) is 18.2 Å². The third kappa shape index (κ3) is 4.98. The zero-order valence-corrected chi connectivity index (χ0v) is 17.8. The van der Waals surface area contributed by atoms with E-state index in [4.69, 9.17) is 13.9 Å². The molecule has 2 aromatic carbocycles. The maximum atomic E-state index is 14.3. The molecule has 8 nitrogen and oxygen atoms in total. The van der Waals surface area contributed by atoms with Crippen LogP contribution in [0.2, 0.25) is 0 Å². The van der Waals surface area contributed by atoms with Gasteiger partial charge >= 0.3 is 0 Å². The Hall–Kier alpha value is -3.21. The normalized spacial score (nSPS) is 14.8. The Bertz CT molecular complexity index is 1190. The lowest BCUT2D eigenvalue weighted by atomic mass is 10.3. The predicted octanol–water partition coefficient (Wildman–Crippen LogP) is 3.27. The standard InChI is InChI=1S/C22H21FN2O6S/c23-19-8-6-16(14-21(19)32(27,28)25-10-12-29-13-11-25)24-22(26)20-9-7-18(31-20)15-30-17-4-2-1-3-5-17/h1-9,14H,10-13,15H2,(H,24,26). The van der Waals surface area contributed by atoms with Crippen molar-refractivity contribution < 1.29 is 31.5 Å². The van der Waals surface area contributed by atoms with E-state index in [0.717, 1.165) is 16.4 Å². The minimum absolute atomic E-state index is 0.0126. The molecular weight excluding hydrogens is 439 g/mol. The van der Waals surface area contributed by atoms with Crippen LogP contribution in [0.4, 0.5) is 10.1 Å². The van der Waals surface area contributed by atoms with E-state index in [1.807, 2.05) is 18.2 Å². The Morgan fingerprint density at radius 2 is 1.81 bits per heavy atom. The molecule has 1 aliphatic heterocycles. The number of nitrogens with one attached hydrogen (secondary N) is 1. The van der Waals surface area contributed by atoms with Crippen LogP contribution < -0.4 is 10.1 Å². The van der Waals surface area contributed by atoms with Gasteiger partial charge in [0.1, 0.15) is 28.8 Å². The molecule has 0 saturated carbocycles. The Labute approximate surface area is 184 Å². The summed E-state index contributed by atoms with van der Waals surface area (Å²) in [5, 5.41) is 2.54. The first-order chi connectivity index (χ1) is 15.4. The number of halogens is 1. The molecule has 2 heterocycles. The van der Waals surface area contributed by atoms with Crippen LogP contribution in [0.15, 0.2) is 70.0 Å². The van der Waals surface area contributed by atoms with Crippen LogP contribution in [0.1, 0.15) is 16.3 Å². The van der Waals surface area contributed by atoms with Gasteiger partial charge in [0.15, 0.2) is 5.76 Å². The van der Waals surface area contributed by atoms with Gasteiger partial charge in [-0.3, -0.25) is 4.79 Å². The summed E-state index contributed by atoms with van der Waals surface area (Å²) in [5.74, 6) is -0.382. The number of para-hydroxylation sites is 1. The number of hydrogen-bond donors (Lipinski definition) is 1. The average Bonchev–Trinajstić information content (AvgIpc) is 3.29. The minimum Gasteiger partial charge on any atom is -0.486 e. The Kier molecular flexibility index (Phi) is 6.54. The van der Waals surface area contributed by atoms with Gasteiger partial charge in [-0.05, 0) is 42.5 Å². The van der Waals surface area contributed by atoms with Gasteiger partial charge < -0.3 is 19.2 Å². The van der Waals surface area contributed by atoms with Crippen molar-refractivity contribution in [3.05, 3.63) is 78.0 Å². The lowest BCUT2D eigenvalue weighted by molar-refractivity contribution is 0.0729. The van der Waals surface area contributed by atoms with Crippen LogP contribution in [0, 0.1) is 5.82 Å². The number of sulfonamides is 1. The van der Waals surface area contributed by atoms with Gasteiger partial charge in [-0.2, -0.15) is 4.31 Å². The molecule has 1 N–H and O–H groups in total. The topological polar surface area (TPSA) is 98.1 Å². The van der Waals surface area contributed by atoms with E-state index in [0.29, 0.717) is 11.5 Å². The molecule has 1 aliphatic rings. The average molecular weight is 460 g/mol. The second-order valence-corrected chi connectivity index (χ2v) is 8.89. The van der Waals surface area contributed by atoms with Crippen LogP contribution in [-0.2, 0) is 21.4 Å². The molecule has 0 spiro atoms. The molecule has 3 aromatic rings. The fraction of sp³-hybridized carbons (Fsp3) is 0.227. The molecule has 0 radical (unpaired) electrons. The van der Waals surface area contributed by atoms with Crippen molar-refractivity contribution >= 4 is 21.6 Å². The molecule has 1 fully saturated rings. The first-order valence-electron chi connectivity index (χ1n) is 9.89. The molecule has 168 valence electrons. The summed E-state index contributed by atoms with van der Waals surface area (Å²) in [7, 11) is -4.06. The number of morpholine rings is 1. The second kappa shape index (κ2) is 9.51. The number of benzene rings is 2. The van der Waals surface area contributed by atoms with Crippen LogP contribution in [0.3, 0.4) is 0 Å². The zero-order valence-electron chi connectivity index (χ0n) is 17.0. The highest BCUT2D eigenvalue weighted by atomic mass is 32.2. The molecule has 1 aromatic heterocycles. The van der Waals surface area contributed by atoms with Crippen molar-refractivity contribution in [3.63, 3.8) is 0 Å². The van der Waals surface area contributed by atoms with Crippen molar-refractivity contribution in [2.75, 3.05) is 31.6 Å². The van der Waals surface area contributed by atoms with Gasteiger partial charge in [0.05, 0.1) is 13.2 Å². The molecule has 32 heavy (non-hydrogen) atoms. The third-order valence-corrected chi connectivity index (χ3v) is 6.70. The van der Waals surface area contributed by atoms with E-state index in [1.165, 1.54) is 12.1 Å².